The van der Waals surface area contributed by atoms with Gasteiger partial charge in [0.2, 0.25) is 0 Å². The largest absolute Gasteiger partial charge is 0.484 e. The van der Waals surface area contributed by atoms with Gasteiger partial charge in [-0.05, 0) is 37.8 Å². The maximum atomic E-state index is 13.4. The first kappa shape index (κ1) is 21.4. The molecule has 5 rings (SSSR count). The van der Waals surface area contributed by atoms with E-state index in [4.69, 9.17) is 16.3 Å². The van der Waals surface area contributed by atoms with Gasteiger partial charge in [0.25, 0.3) is 18.2 Å². The molecule has 0 aliphatic heterocycles. The molecule has 3 aliphatic carbocycles. The van der Waals surface area contributed by atoms with Crippen LogP contribution < -0.4 is 15.4 Å². The number of hydrogen-bond acceptors (Lipinski definition) is 5. The lowest BCUT2D eigenvalue weighted by Crippen LogP contribution is -2.65. The summed E-state index contributed by atoms with van der Waals surface area (Å²) in [6.45, 7) is -0.283. The lowest BCUT2D eigenvalue weighted by atomic mass is 9.71. The molecule has 11 heteroatoms. The van der Waals surface area contributed by atoms with Gasteiger partial charge < -0.3 is 15.4 Å². The summed E-state index contributed by atoms with van der Waals surface area (Å²) in [7, 11) is 0. The Bertz CT molecular complexity index is 1010. The zero-order valence-corrected chi connectivity index (χ0v) is 16.9. The first-order valence-corrected chi connectivity index (χ1v) is 9.89. The van der Waals surface area contributed by atoms with Crippen molar-refractivity contribution in [2.75, 3.05) is 6.61 Å². The standard InChI is InChI=1S/C20H18ClF3N4O3/c21-12-2-1-11(5-13(12)22)31-8-16(29)27-19-3-4-20(9-19,10-19)28-18(30)15-7-25-14(6-26-15)17(23)24/h1-2,5-7,17H,3-4,8-10H2,(H,27,29)(H,28,30). The average Bonchev–Trinajstić information content (AvgIpc) is 3.23. The van der Waals surface area contributed by atoms with Crippen LogP contribution in [0.2, 0.25) is 5.02 Å². The Balaban J connectivity index is 1.28. The quantitative estimate of drug-likeness (QED) is 0.670. The van der Waals surface area contributed by atoms with Crippen LogP contribution in [0.15, 0.2) is 30.6 Å². The van der Waals surface area contributed by atoms with Crippen molar-refractivity contribution in [2.45, 2.75) is 43.2 Å². The normalized spacial score (nSPS) is 23.9. The molecule has 0 spiro atoms. The van der Waals surface area contributed by atoms with E-state index in [0.717, 1.165) is 18.5 Å². The summed E-state index contributed by atoms with van der Waals surface area (Å²) in [6, 6.07) is 3.91. The Morgan fingerprint density at radius 1 is 1.13 bits per heavy atom. The number of nitrogens with one attached hydrogen (secondary N) is 2. The molecule has 31 heavy (non-hydrogen) atoms. The molecular weight excluding hydrogens is 437 g/mol. The summed E-state index contributed by atoms with van der Waals surface area (Å²) in [6.07, 6.45) is 1.55. The number of aromatic nitrogens is 2. The molecule has 164 valence electrons. The molecule has 2 aromatic rings. The Morgan fingerprint density at radius 3 is 2.45 bits per heavy atom. The highest BCUT2D eigenvalue weighted by Crippen LogP contribution is 2.55. The molecule has 3 saturated carbocycles. The number of halogens is 4. The van der Waals surface area contributed by atoms with Crippen molar-refractivity contribution < 1.29 is 27.5 Å². The maximum absolute atomic E-state index is 13.4. The average molecular weight is 455 g/mol. The lowest BCUT2D eigenvalue weighted by Gasteiger charge is -2.48. The SMILES string of the molecule is O=C(COc1ccc(Cl)c(F)c1)NC12CCC(NC(=O)c3cnc(C(F)F)cn3)(C1)C2. The molecular formula is C20H18ClF3N4O3. The van der Waals surface area contributed by atoms with E-state index in [1.807, 2.05) is 0 Å². The van der Waals surface area contributed by atoms with E-state index in [-0.39, 0.29) is 29.0 Å². The number of carbonyl (C=O) groups is 2. The molecule has 1 heterocycles. The number of fused-ring (bicyclic) bond motifs is 1. The number of hydrogen-bond donors (Lipinski definition) is 2. The molecule has 0 unspecified atom stereocenters. The van der Waals surface area contributed by atoms with Crippen molar-refractivity contribution in [1.29, 1.82) is 0 Å². The van der Waals surface area contributed by atoms with Gasteiger partial charge in [0, 0.05) is 17.1 Å². The predicted octanol–water partition coefficient (Wildman–Crippen LogP) is 3.20. The highest BCUT2D eigenvalue weighted by Gasteiger charge is 2.62. The van der Waals surface area contributed by atoms with Crippen molar-refractivity contribution in [3.8, 4) is 5.75 Å². The molecule has 0 atom stereocenters. The third-order valence-electron chi connectivity index (χ3n) is 5.61. The fraction of sp³-hybridized carbons (Fsp3) is 0.400. The van der Waals surface area contributed by atoms with Gasteiger partial charge in [0.15, 0.2) is 6.61 Å². The van der Waals surface area contributed by atoms with Crippen LogP contribution in [-0.4, -0.2) is 39.5 Å². The highest BCUT2D eigenvalue weighted by molar-refractivity contribution is 6.30. The second-order valence-electron chi connectivity index (χ2n) is 7.91. The fourth-order valence-corrected chi connectivity index (χ4v) is 4.42. The summed E-state index contributed by atoms with van der Waals surface area (Å²) >= 11 is 5.61. The van der Waals surface area contributed by atoms with Crippen LogP contribution in [0.5, 0.6) is 5.75 Å². The summed E-state index contributed by atoms with van der Waals surface area (Å²) in [5.74, 6) is -1.30. The molecule has 2 N–H and O–H groups in total. The monoisotopic (exact) mass is 454 g/mol. The first-order chi connectivity index (χ1) is 14.7. The summed E-state index contributed by atoms with van der Waals surface area (Å²) in [4.78, 5) is 32.0. The van der Waals surface area contributed by atoms with Crippen LogP contribution in [0.3, 0.4) is 0 Å². The zero-order valence-electron chi connectivity index (χ0n) is 16.1. The van der Waals surface area contributed by atoms with Crippen LogP contribution in [0, 0.1) is 5.82 Å². The van der Waals surface area contributed by atoms with E-state index in [9.17, 15) is 22.8 Å². The van der Waals surface area contributed by atoms with Gasteiger partial charge in [-0.1, -0.05) is 11.6 Å². The van der Waals surface area contributed by atoms with Gasteiger partial charge in [-0.15, -0.1) is 0 Å². The van der Waals surface area contributed by atoms with Crippen molar-refractivity contribution in [1.82, 2.24) is 20.6 Å². The van der Waals surface area contributed by atoms with Gasteiger partial charge >= 0.3 is 0 Å². The molecule has 2 bridgehead atoms. The molecule has 0 radical (unpaired) electrons. The zero-order chi connectivity index (χ0) is 22.2. The molecule has 2 amide bonds. The minimum Gasteiger partial charge on any atom is -0.484 e. The van der Waals surface area contributed by atoms with Crippen LogP contribution in [0.1, 0.15) is 48.3 Å². The van der Waals surface area contributed by atoms with E-state index in [1.54, 1.807) is 0 Å². The van der Waals surface area contributed by atoms with Gasteiger partial charge in [-0.3, -0.25) is 14.6 Å². The van der Waals surface area contributed by atoms with E-state index in [0.29, 0.717) is 25.7 Å². The second kappa shape index (κ2) is 7.99. The Hall–Kier alpha value is -2.88. The number of amides is 2. The maximum Gasteiger partial charge on any atom is 0.281 e. The number of rotatable bonds is 7. The summed E-state index contributed by atoms with van der Waals surface area (Å²) < 4.78 is 43.9. The third kappa shape index (κ3) is 4.43. The van der Waals surface area contributed by atoms with E-state index >= 15 is 0 Å². The van der Waals surface area contributed by atoms with Crippen molar-refractivity contribution in [3.05, 3.63) is 52.8 Å². The van der Waals surface area contributed by atoms with E-state index in [2.05, 4.69) is 20.6 Å². The van der Waals surface area contributed by atoms with E-state index in [1.165, 1.54) is 12.1 Å². The van der Waals surface area contributed by atoms with Crippen LogP contribution >= 0.6 is 11.6 Å². The molecule has 1 aromatic heterocycles. The van der Waals surface area contributed by atoms with Gasteiger partial charge in [-0.2, -0.15) is 0 Å². The number of nitrogens with zero attached hydrogens (tertiary/aromatic N) is 2. The van der Waals surface area contributed by atoms with Crippen molar-refractivity contribution >= 4 is 23.4 Å². The minimum atomic E-state index is -2.75. The number of ether oxygens (including phenoxy) is 1. The van der Waals surface area contributed by atoms with Gasteiger partial charge in [-0.25, -0.2) is 18.2 Å². The minimum absolute atomic E-state index is 0.0366. The second-order valence-corrected chi connectivity index (χ2v) is 8.32. The van der Waals surface area contributed by atoms with Crippen molar-refractivity contribution in [3.63, 3.8) is 0 Å². The van der Waals surface area contributed by atoms with E-state index < -0.39 is 34.9 Å². The smallest absolute Gasteiger partial charge is 0.281 e. The van der Waals surface area contributed by atoms with Gasteiger partial charge in [0.05, 0.1) is 17.4 Å². The Labute approximate surface area is 180 Å². The number of benzene rings is 1. The lowest BCUT2D eigenvalue weighted by molar-refractivity contribution is -0.126. The van der Waals surface area contributed by atoms with Crippen molar-refractivity contribution in [2.24, 2.45) is 0 Å². The number of alkyl halides is 2. The molecule has 1 aromatic carbocycles. The summed E-state index contributed by atoms with van der Waals surface area (Å²) in [5.41, 5.74) is -1.46. The molecule has 7 nitrogen and oxygen atoms in total. The molecule has 3 fully saturated rings. The highest BCUT2D eigenvalue weighted by atomic mass is 35.5. The Morgan fingerprint density at radius 2 is 1.84 bits per heavy atom. The molecule has 3 aliphatic rings. The summed E-state index contributed by atoms with van der Waals surface area (Å²) in [5, 5.41) is 5.78. The topological polar surface area (TPSA) is 93.2 Å². The molecule has 0 saturated heterocycles. The first-order valence-electron chi connectivity index (χ1n) is 9.51. The Kier molecular flexibility index (Phi) is 5.50. The third-order valence-corrected chi connectivity index (χ3v) is 5.91. The van der Waals surface area contributed by atoms with Crippen LogP contribution in [0.25, 0.3) is 0 Å². The predicted molar refractivity (Wildman–Crippen MR) is 103 cm³/mol. The van der Waals surface area contributed by atoms with Gasteiger partial charge in [0.1, 0.15) is 23.0 Å². The number of carbonyl (C=O) groups excluding carboxylic acids is 2. The fourth-order valence-electron chi connectivity index (χ4n) is 4.30. The van der Waals surface area contributed by atoms with Crippen LogP contribution in [-0.2, 0) is 4.79 Å². The van der Waals surface area contributed by atoms with Crippen LogP contribution in [0.4, 0.5) is 13.2 Å².